The van der Waals surface area contributed by atoms with Crippen LogP contribution in [0.25, 0.3) is 5.65 Å². The van der Waals surface area contributed by atoms with E-state index in [-0.39, 0.29) is 5.91 Å². The Bertz CT molecular complexity index is 889. The fourth-order valence-corrected chi connectivity index (χ4v) is 3.36. The van der Waals surface area contributed by atoms with Gasteiger partial charge in [-0.3, -0.25) is 0 Å². The summed E-state index contributed by atoms with van der Waals surface area (Å²) in [5.41, 5.74) is 7.54. The molecule has 23 heavy (non-hydrogen) atoms. The molecule has 0 unspecified atom stereocenters. The maximum atomic E-state index is 12.5. The van der Waals surface area contributed by atoms with Crippen molar-refractivity contribution in [2.24, 2.45) is 0 Å². The number of nitrogens with two attached hydrogens (primary N) is 1. The Balaban J connectivity index is 2.01. The Labute approximate surface area is 148 Å². The van der Waals surface area contributed by atoms with E-state index in [1.165, 1.54) is 0 Å². The molecule has 0 aliphatic heterocycles. The van der Waals surface area contributed by atoms with Crippen LogP contribution in [-0.4, -0.2) is 41.3 Å². The van der Waals surface area contributed by atoms with Gasteiger partial charge in [0.15, 0.2) is 0 Å². The number of rotatable bonds is 4. The molecule has 0 fully saturated rings. The molecule has 1 amide bonds. The van der Waals surface area contributed by atoms with Gasteiger partial charge in [0, 0.05) is 0 Å². The number of anilines is 2. The number of carbonyl (C=O) groups excluding carboxylic acids is 1. The van der Waals surface area contributed by atoms with Crippen LogP contribution in [-0.2, 0) is 0 Å². The van der Waals surface area contributed by atoms with Gasteiger partial charge in [-0.1, -0.05) is 0 Å². The number of amides is 1. The topological polar surface area (TPSA) is 72.4 Å². The number of hydrogen-bond donors (Lipinski definition) is 2. The first-order valence-corrected chi connectivity index (χ1v) is 8.84. The van der Waals surface area contributed by atoms with Crippen molar-refractivity contribution >= 4 is 70.9 Å². The minimum absolute atomic E-state index is 0.261. The minimum atomic E-state index is -0.261. The molecule has 0 bridgehead atoms. The molecular weight excluding hydrogens is 373 g/mol. The standard InChI is InChI=1S/C13H12B3BrN4OS/c1-2-23-13-11(19-9-4-3-7(17)6-21(9)13)20-12(22)8-5-14-16-15-10(8)18/h3-6H,2,18H2,1H3,(H,20,22). The average molecular weight is 385 g/mol. The van der Waals surface area contributed by atoms with Gasteiger partial charge in [0.1, 0.15) is 0 Å². The molecule has 3 rings (SSSR count). The third kappa shape index (κ3) is 3.43. The quantitative estimate of drug-likeness (QED) is 0.675. The van der Waals surface area contributed by atoms with Crippen molar-refractivity contribution < 1.29 is 4.79 Å². The van der Waals surface area contributed by atoms with Crippen LogP contribution in [0.15, 0.2) is 33.8 Å². The second-order valence-electron chi connectivity index (χ2n) is 4.82. The van der Waals surface area contributed by atoms with Crippen LogP contribution in [0.2, 0.25) is 0 Å². The van der Waals surface area contributed by atoms with Crippen molar-refractivity contribution in [1.29, 1.82) is 0 Å². The molecule has 10 heteroatoms. The Morgan fingerprint density at radius 1 is 1.52 bits per heavy atom. The van der Waals surface area contributed by atoms with Gasteiger partial charge in [0.25, 0.3) is 0 Å². The van der Waals surface area contributed by atoms with E-state index < -0.39 is 0 Å². The summed E-state index contributed by atoms with van der Waals surface area (Å²) >= 11 is 5.08. The normalized spacial score (nSPS) is 10.3. The van der Waals surface area contributed by atoms with Crippen LogP contribution in [0.1, 0.15) is 17.3 Å². The van der Waals surface area contributed by atoms with Gasteiger partial charge in [-0.25, -0.2) is 0 Å². The predicted molar refractivity (Wildman–Crippen MR) is 102 cm³/mol. The first-order valence-electron chi connectivity index (χ1n) is 7.06. The number of fused-ring (bicyclic) bond motifs is 1. The number of nitrogens with zero attached hydrogens (tertiary/aromatic N) is 2. The number of hydrogen-bond acceptors (Lipinski definition) is 4. The van der Waals surface area contributed by atoms with E-state index in [1.54, 1.807) is 38.0 Å². The molecule has 3 aromatic heterocycles. The molecule has 3 heterocycles. The Kier molecular flexibility index (Phi) is 5.01. The monoisotopic (exact) mass is 384 g/mol. The first-order chi connectivity index (χ1) is 11.1. The van der Waals surface area contributed by atoms with Gasteiger partial charge in [-0.2, -0.15) is 0 Å². The summed E-state index contributed by atoms with van der Waals surface area (Å²) in [4.78, 5) is 17.0. The number of pyridine rings is 1. The molecule has 0 spiro atoms. The van der Waals surface area contributed by atoms with Crippen LogP contribution < -0.4 is 11.1 Å². The summed E-state index contributed by atoms with van der Waals surface area (Å²) in [5.74, 6) is 2.85. The van der Waals surface area contributed by atoms with Gasteiger partial charge in [0.2, 0.25) is 0 Å². The van der Waals surface area contributed by atoms with Gasteiger partial charge in [0.05, 0.1) is 0 Å². The number of nitrogens with one attached hydrogen (secondary N) is 1. The zero-order valence-corrected chi connectivity index (χ0v) is 14.8. The van der Waals surface area contributed by atoms with E-state index in [2.05, 4.69) is 33.2 Å². The van der Waals surface area contributed by atoms with Gasteiger partial charge < -0.3 is 0 Å². The van der Waals surface area contributed by atoms with Crippen LogP contribution in [0.3, 0.4) is 0 Å². The molecule has 0 aromatic carbocycles. The average Bonchev–Trinajstić information content (AvgIpc) is 2.85. The predicted octanol–water partition coefficient (Wildman–Crippen LogP) is 2.06. The molecule has 0 saturated carbocycles. The zero-order valence-electron chi connectivity index (χ0n) is 12.4. The summed E-state index contributed by atoms with van der Waals surface area (Å²) in [6, 6.07) is 3.82. The van der Waals surface area contributed by atoms with Crippen LogP contribution >= 0.6 is 27.7 Å². The van der Waals surface area contributed by atoms with Crippen molar-refractivity contribution in [3.05, 3.63) is 34.3 Å². The van der Waals surface area contributed by atoms with E-state index in [1.807, 2.05) is 22.7 Å². The molecule has 5 nitrogen and oxygen atoms in total. The molecule has 0 saturated heterocycles. The van der Waals surface area contributed by atoms with Gasteiger partial charge in [-0.05, 0) is 0 Å². The van der Waals surface area contributed by atoms with Crippen molar-refractivity contribution in [3.63, 3.8) is 0 Å². The summed E-state index contributed by atoms with van der Waals surface area (Å²) in [6.07, 6.45) is 1.94. The number of aromatic nitrogens is 2. The maximum absolute atomic E-state index is 12.5. The molecule has 3 aromatic rings. The van der Waals surface area contributed by atoms with Crippen molar-refractivity contribution in [2.75, 3.05) is 16.8 Å². The van der Waals surface area contributed by atoms with Crippen LogP contribution in [0, 0.1) is 0 Å². The molecule has 0 aliphatic rings. The summed E-state index contributed by atoms with van der Waals surface area (Å²) in [5, 5.41) is 3.77. The Hall–Kier alpha value is -1.41. The molecule has 112 valence electrons. The van der Waals surface area contributed by atoms with Gasteiger partial charge >= 0.3 is 148 Å². The fourth-order valence-electron chi connectivity index (χ4n) is 2.23. The first kappa shape index (κ1) is 16.5. The Morgan fingerprint density at radius 3 is 3.09 bits per heavy atom. The van der Waals surface area contributed by atoms with Crippen molar-refractivity contribution in [2.45, 2.75) is 11.9 Å². The summed E-state index contributed by atoms with van der Waals surface area (Å²) in [7, 11) is 0. The number of carbonyl (C=O) groups is 1. The SMILES string of the molecule is CCSc1c(NC(=O)c2cbbbc2N)nc2ccc(Br)cn12. The molecule has 0 radical (unpaired) electrons. The summed E-state index contributed by atoms with van der Waals surface area (Å²) in [6.45, 7) is 7.35. The molecule has 0 aliphatic carbocycles. The second-order valence-corrected chi connectivity index (χ2v) is 6.98. The van der Waals surface area contributed by atoms with E-state index >= 15 is 0 Å². The Morgan fingerprint density at radius 2 is 2.35 bits per heavy atom. The van der Waals surface area contributed by atoms with Crippen LogP contribution in [0.5, 0.6) is 0 Å². The number of thioether (sulfide) groups is 1. The molecular formula is C13H12B3BrN4OS. The van der Waals surface area contributed by atoms with E-state index in [0.717, 1.165) is 20.9 Å². The second kappa shape index (κ2) is 7.01. The zero-order chi connectivity index (χ0) is 16.4. The number of nitrogen functional groups attached to an aromatic ring is 1. The molecule has 0 atom stereocenters. The number of halogens is 1. The van der Waals surface area contributed by atoms with E-state index in [0.29, 0.717) is 17.0 Å². The van der Waals surface area contributed by atoms with Gasteiger partial charge in [-0.15, -0.1) is 0 Å². The van der Waals surface area contributed by atoms with Crippen LogP contribution in [0.4, 0.5) is 11.4 Å². The van der Waals surface area contributed by atoms with E-state index in [9.17, 15) is 4.79 Å². The number of imidazole rings is 1. The third-order valence-electron chi connectivity index (χ3n) is 3.26. The third-order valence-corrected chi connectivity index (χ3v) is 4.68. The molecule has 3 N–H and O–H groups in total. The summed E-state index contributed by atoms with van der Waals surface area (Å²) < 4.78 is 2.91. The van der Waals surface area contributed by atoms with Crippen molar-refractivity contribution in [1.82, 2.24) is 9.38 Å². The van der Waals surface area contributed by atoms with E-state index in [4.69, 9.17) is 5.73 Å². The van der Waals surface area contributed by atoms with Crippen molar-refractivity contribution in [3.8, 4) is 0 Å². The fraction of sp³-hybridized carbons (Fsp3) is 0.154.